The van der Waals surface area contributed by atoms with E-state index in [1.54, 1.807) is 0 Å². The molecule has 128 valence electrons. The monoisotopic (exact) mass is 342 g/mol. The Labute approximate surface area is 125 Å². The summed E-state index contributed by atoms with van der Waals surface area (Å²) >= 11 is 0. The molecule has 0 saturated heterocycles. The van der Waals surface area contributed by atoms with Crippen LogP contribution in [-0.2, 0) is 26.4 Å². The van der Waals surface area contributed by atoms with E-state index in [1.807, 2.05) is 0 Å². The highest BCUT2D eigenvalue weighted by molar-refractivity contribution is 6.93. The molecule has 0 unspecified atom stereocenters. The summed E-state index contributed by atoms with van der Waals surface area (Å²) in [5.74, 6) is 0. The summed E-state index contributed by atoms with van der Waals surface area (Å²) in [5.41, 5.74) is 2.04. The minimum atomic E-state index is -4.79. The standard InChI is InChI=1S/C10H11BF6N5O/c1-21-7(3-5(19-21)9(12,13)14)11(18,23)8-4-6(10(15,16)17)20-22(8)2/h3-4,23H,18H2,1-2H3/q-1. The van der Waals surface area contributed by atoms with Gasteiger partial charge >= 0.3 is 12.4 Å². The topological polar surface area (TPSA) is 81.9 Å². The van der Waals surface area contributed by atoms with Crippen molar-refractivity contribution in [2.75, 3.05) is 0 Å². The zero-order chi connectivity index (χ0) is 17.8. The quantitative estimate of drug-likeness (QED) is 0.580. The fourth-order valence-corrected chi connectivity index (χ4v) is 2.22. The first-order valence-electron chi connectivity index (χ1n) is 6.15. The normalized spacial score (nSPS) is 13.7. The van der Waals surface area contributed by atoms with Crippen molar-refractivity contribution in [3.63, 3.8) is 0 Å². The molecule has 0 radical (unpaired) electrons. The molecule has 0 aromatic carbocycles. The number of nitrogens with zero attached hydrogens (tertiary/aromatic N) is 4. The maximum Gasteiger partial charge on any atom is 0.435 e. The van der Waals surface area contributed by atoms with Crippen LogP contribution in [0.25, 0.3) is 0 Å². The highest BCUT2D eigenvalue weighted by atomic mass is 19.4. The van der Waals surface area contributed by atoms with E-state index in [9.17, 15) is 31.4 Å². The van der Waals surface area contributed by atoms with Gasteiger partial charge in [0.25, 0.3) is 6.48 Å². The minimum absolute atomic E-state index is 0.478. The lowest BCUT2D eigenvalue weighted by Crippen LogP contribution is -2.70. The first kappa shape index (κ1) is 17.3. The molecule has 2 rings (SSSR count). The van der Waals surface area contributed by atoms with Gasteiger partial charge in [0.15, 0.2) is 11.4 Å². The number of alkyl halides is 6. The molecule has 0 aliphatic rings. The van der Waals surface area contributed by atoms with Gasteiger partial charge in [0.05, 0.1) is 0 Å². The van der Waals surface area contributed by atoms with Crippen LogP contribution in [0.15, 0.2) is 12.1 Å². The largest absolute Gasteiger partial charge is 0.584 e. The van der Waals surface area contributed by atoms with Gasteiger partial charge in [-0.05, 0) is 12.1 Å². The van der Waals surface area contributed by atoms with E-state index in [2.05, 4.69) is 10.2 Å². The summed E-state index contributed by atoms with van der Waals surface area (Å²) in [5, 5.41) is 16.7. The second-order valence-electron chi connectivity index (χ2n) is 5.04. The Balaban J connectivity index is 2.55. The molecule has 0 aliphatic carbocycles. The van der Waals surface area contributed by atoms with Crippen molar-refractivity contribution < 1.29 is 31.4 Å². The first-order valence-corrected chi connectivity index (χ1v) is 6.15. The highest BCUT2D eigenvalue weighted by Crippen LogP contribution is 2.28. The zero-order valence-electron chi connectivity index (χ0n) is 11.8. The average Bonchev–Trinajstić information content (AvgIpc) is 2.91. The summed E-state index contributed by atoms with van der Waals surface area (Å²) in [4.78, 5) is 0. The Bertz CT molecular complexity index is 671. The number of aryl methyl sites for hydroxylation is 2. The second kappa shape index (κ2) is 4.99. The van der Waals surface area contributed by atoms with Gasteiger partial charge in [0, 0.05) is 14.1 Å². The summed E-state index contributed by atoms with van der Waals surface area (Å²) < 4.78 is 77.3. The smallest absolute Gasteiger partial charge is 0.435 e. The third kappa shape index (κ3) is 3.06. The number of hydrogen-bond donors (Lipinski definition) is 2. The number of nitrogens with two attached hydrogens (primary N) is 1. The Morgan fingerprint density at radius 3 is 1.43 bits per heavy atom. The average molecular weight is 342 g/mol. The van der Waals surface area contributed by atoms with Gasteiger partial charge < -0.3 is 20.0 Å². The van der Waals surface area contributed by atoms with Crippen LogP contribution in [0.3, 0.4) is 0 Å². The van der Waals surface area contributed by atoms with E-state index in [4.69, 9.17) is 5.64 Å². The molecule has 0 saturated carbocycles. The number of halogens is 6. The van der Waals surface area contributed by atoms with E-state index in [-0.39, 0.29) is 0 Å². The van der Waals surface area contributed by atoms with Crippen LogP contribution in [0.5, 0.6) is 0 Å². The van der Waals surface area contributed by atoms with Gasteiger partial charge in [-0.3, -0.25) is 0 Å². The molecule has 2 heterocycles. The fraction of sp³-hybridized carbons (Fsp3) is 0.400. The molecule has 2 aromatic rings. The third-order valence-electron chi connectivity index (χ3n) is 3.31. The maximum atomic E-state index is 12.7. The molecule has 0 fully saturated rings. The van der Waals surface area contributed by atoms with Crippen molar-refractivity contribution >= 4 is 17.7 Å². The van der Waals surface area contributed by atoms with Crippen LogP contribution in [-0.4, -0.2) is 31.1 Å². The molecular formula is C10H11BF6N5O-. The van der Waals surface area contributed by atoms with E-state index in [0.29, 0.717) is 21.5 Å². The van der Waals surface area contributed by atoms with Crippen LogP contribution in [0.4, 0.5) is 26.3 Å². The molecule has 0 spiro atoms. The molecule has 0 aliphatic heterocycles. The summed E-state index contributed by atoms with van der Waals surface area (Å²) in [6.07, 6.45) is -9.57. The lowest BCUT2D eigenvalue weighted by molar-refractivity contribution is -0.142. The Hall–Kier alpha value is -2.02. The summed E-state index contributed by atoms with van der Waals surface area (Å²) in [7, 11) is 2.18. The Morgan fingerprint density at radius 1 is 0.913 bits per heavy atom. The molecule has 23 heavy (non-hydrogen) atoms. The van der Waals surface area contributed by atoms with Crippen LogP contribution in [0.2, 0.25) is 0 Å². The first-order chi connectivity index (χ1) is 10.2. The molecule has 6 nitrogen and oxygen atoms in total. The molecule has 0 atom stereocenters. The predicted octanol–water partition coefficient (Wildman–Crippen LogP) is -0.301. The third-order valence-corrected chi connectivity index (χ3v) is 3.31. The van der Waals surface area contributed by atoms with Gasteiger partial charge in [-0.1, -0.05) is 11.2 Å². The number of hydrogen-bond acceptors (Lipinski definition) is 4. The summed E-state index contributed by atoms with van der Waals surface area (Å²) in [6, 6.07) is 0.973. The molecule has 2 aromatic heterocycles. The molecular weight excluding hydrogens is 331 g/mol. The van der Waals surface area contributed by atoms with Crippen molar-refractivity contribution in [2.45, 2.75) is 12.4 Å². The van der Waals surface area contributed by atoms with Gasteiger partial charge in [-0.2, -0.15) is 36.5 Å². The van der Waals surface area contributed by atoms with E-state index in [1.165, 1.54) is 0 Å². The highest BCUT2D eigenvalue weighted by Gasteiger charge is 2.39. The fourth-order valence-electron chi connectivity index (χ4n) is 2.22. The van der Waals surface area contributed by atoms with E-state index in [0.717, 1.165) is 14.1 Å². The van der Waals surface area contributed by atoms with Gasteiger partial charge in [0.2, 0.25) is 0 Å². The Morgan fingerprint density at radius 2 is 1.22 bits per heavy atom. The number of rotatable bonds is 2. The van der Waals surface area contributed by atoms with Crippen molar-refractivity contribution in [1.82, 2.24) is 19.6 Å². The zero-order valence-corrected chi connectivity index (χ0v) is 11.8. The van der Waals surface area contributed by atoms with E-state index < -0.39 is 41.4 Å². The summed E-state index contributed by atoms with van der Waals surface area (Å²) in [6.45, 7) is -3.42. The van der Waals surface area contributed by atoms with Crippen LogP contribution in [0, 0.1) is 0 Å². The number of aromatic nitrogens is 4. The maximum absolute atomic E-state index is 12.7. The lowest BCUT2D eigenvalue weighted by atomic mass is 9.48. The van der Waals surface area contributed by atoms with Crippen molar-refractivity contribution in [3.8, 4) is 0 Å². The minimum Gasteiger partial charge on any atom is -0.584 e. The van der Waals surface area contributed by atoms with Crippen LogP contribution < -0.4 is 16.8 Å². The molecule has 3 N–H and O–H groups in total. The van der Waals surface area contributed by atoms with E-state index >= 15 is 0 Å². The molecule has 0 amide bonds. The predicted molar refractivity (Wildman–Crippen MR) is 67.8 cm³/mol. The van der Waals surface area contributed by atoms with Crippen LogP contribution >= 0.6 is 0 Å². The van der Waals surface area contributed by atoms with Crippen molar-refractivity contribution in [3.05, 3.63) is 23.5 Å². The SMILES string of the molecule is Cn1nc(C(F)(F)F)cc1[B-](N)(O)c1cc(C(F)(F)F)nn1C. The van der Waals surface area contributed by atoms with Crippen molar-refractivity contribution in [2.24, 2.45) is 19.7 Å². The van der Waals surface area contributed by atoms with Gasteiger partial charge in [-0.15, -0.1) is 0 Å². The van der Waals surface area contributed by atoms with Crippen molar-refractivity contribution in [1.29, 1.82) is 0 Å². The molecule has 0 bridgehead atoms. The lowest BCUT2D eigenvalue weighted by Gasteiger charge is -2.30. The van der Waals surface area contributed by atoms with Crippen LogP contribution in [0.1, 0.15) is 11.4 Å². The molecule has 13 heteroatoms. The second-order valence-corrected chi connectivity index (χ2v) is 5.04. The van der Waals surface area contributed by atoms with Gasteiger partial charge in [0.1, 0.15) is 0 Å². The van der Waals surface area contributed by atoms with Gasteiger partial charge in [-0.25, -0.2) is 0 Å². The Kier molecular flexibility index (Phi) is 3.76.